The molecule has 1 unspecified atom stereocenters. The molecule has 0 fully saturated rings. The number of methoxy groups -OCH3 is 1. The van der Waals surface area contributed by atoms with Crippen molar-refractivity contribution in [2.75, 3.05) is 7.11 Å². The molecule has 0 aliphatic rings. The van der Waals surface area contributed by atoms with E-state index in [1.807, 2.05) is 32.0 Å². The predicted octanol–water partition coefficient (Wildman–Crippen LogP) is 6.57. The van der Waals surface area contributed by atoms with Gasteiger partial charge in [-0.05, 0) is 42.4 Å². The minimum absolute atomic E-state index is 0.144. The van der Waals surface area contributed by atoms with Crippen LogP contribution in [0, 0.1) is 29.1 Å². The standard InChI is InChI=1S/C15H19NO2.C7H14.C2H6/c1-4-11(2)14(15(17)18-3)9-12-6-5-7-13(8-12)10-16;1-4-5-6-7(2)3;1-2/h5-8,11,14H,4,9H2,1-3H3;5-7H,4H2,1-3H3;1-2H3/b;6-5-;/t11?,14-;;/m1../s1. The first-order chi connectivity index (χ1) is 12.9. The Morgan fingerprint density at radius 2 is 1.85 bits per heavy atom. The van der Waals surface area contributed by atoms with Gasteiger partial charge in [0.1, 0.15) is 0 Å². The van der Waals surface area contributed by atoms with Crippen LogP contribution in [-0.2, 0) is 16.0 Å². The van der Waals surface area contributed by atoms with Crippen molar-refractivity contribution in [1.29, 1.82) is 5.26 Å². The maximum Gasteiger partial charge on any atom is 0.309 e. The van der Waals surface area contributed by atoms with Crippen molar-refractivity contribution in [3.05, 3.63) is 47.5 Å². The van der Waals surface area contributed by atoms with Crippen molar-refractivity contribution >= 4 is 5.97 Å². The second kappa shape index (κ2) is 17.3. The van der Waals surface area contributed by atoms with E-state index in [-0.39, 0.29) is 17.8 Å². The molecule has 27 heavy (non-hydrogen) atoms. The van der Waals surface area contributed by atoms with Gasteiger partial charge < -0.3 is 4.74 Å². The highest BCUT2D eigenvalue weighted by Gasteiger charge is 2.25. The van der Waals surface area contributed by atoms with Gasteiger partial charge in [0.05, 0.1) is 24.7 Å². The molecule has 0 N–H and O–H groups in total. The summed E-state index contributed by atoms with van der Waals surface area (Å²) in [6, 6.07) is 9.50. The number of carbonyl (C=O) groups is 1. The highest BCUT2D eigenvalue weighted by Crippen LogP contribution is 2.22. The lowest BCUT2D eigenvalue weighted by Crippen LogP contribution is -2.25. The van der Waals surface area contributed by atoms with Gasteiger partial charge in [0.15, 0.2) is 0 Å². The van der Waals surface area contributed by atoms with Crippen LogP contribution in [0.3, 0.4) is 0 Å². The van der Waals surface area contributed by atoms with E-state index in [4.69, 9.17) is 10.00 Å². The predicted molar refractivity (Wildman–Crippen MR) is 115 cm³/mol. The molecule has 1 rings (SSSR count). The molecular weight excluding hydrogens is 334 g/mol. The summed E-state index contributed by atoms with van der Waals surface area (Å²) in [6.07, 6.45) is 7.14. The van der Waals surface area contributed by atoms with Crippen LogP contribution < -0.4 is 0 Å². The molecule has 0 aliphatic heterocycles. The maximum atomic E-state index is 11.8. The van der Waals surface area contributed by atoms with Gasteiger partial charge >= 0.3 is 5.97 Å². The SMILES string of the molecule is CC.CC/C=C\C(C)C.CCC(C)[C@@H](Cc1cccc(C#N)c1)C(=O)OC. The summed E-state index contributed by atoms with van der Waals surface area (Å²) in [5.41, 5.74) is 1.63. The Bertz CT molecular complexity index is 570. The Hall–Kier alpha value is -2.08. The zero-order valence-electron chi connectivity index (χ0n) is 18.6. The lowest BCUT2D eigenvalue weighted by Gasteiger charge is -2.20. The fourth-order valence-corrected chi connectivity index (χ4v) is 2.38. The zero-order valence-corrected chi connectivity index (χ0v) is 18.6. The lowest BCUT2D eigenvalue weighted by atomic mass is 9.86. The van der Waals surface area contributed by atoms with Crippen LogP contribution in [0.5, 0.6) is 0 Å². The Morgan fingerprint density at radius 1 is 1.22 bits per heavy atom. The number of rotatable bonds is 7. The van der Waals surface area contributed by atoms with Gasteiger partial charge in [-0.3, -0.25) is 4.79 Å². The third-order valence-corrected chi connectivity index (χ3v) is 4.10. The summed E-state index contributed by atoms with van der Waals surface area (Å²) in [6.45, 7) is 14.6. The first kappa shape index (κ1) is 27.1. The van der Waals surface area contributed by atoms with Gasteiger partial charge in [0, 0.05) is 0 Å². The number of ether oxygens (including phenoxy) is 1. The number of hydrogen-bond acceptors (Lipinski definition) is 3. The van der Waals surface area contributed by atoms with Gasteiger partial charge in [-0.2, -0.15) is 5.26 Å². The van der Waals surface area contributed by atoms with Gasteiger partial charge in [0.2, 0.25) is 0 Å². The molecule has 1 aromatic rings. The van der Waals surface area contributed by atoms with Crippen LogP contribution in [0.25, 0.3) is 0 Å². The number of nitriles is 1. The van der Waals surface area contributed by atoms with Gasteiger partial charge in [-0.1, -0.05) is 79.2 Å². The van der Waals surface area contributed by atoms with Crippen molar-refractivity contribution < 1.29 is 9.53 Å². The van der Waals surface area contributed by atoms with Gasteiger partial charge in [-0.25, -0.2) is 0 Å². The third-order valence-electron chi connectivity index (χ3n) is 4.10. The van der Waals surface area contributed by atoms with Crippen molar-refractivity contribution in [3.63, 3.8) is 0 Å². The van der Waals surface area contributed by atoms with E-state index in [1.54, 1.807) is 6.07 Å². The van der Waals surface area contributed by atoms with Crippen LogP contribution in [0.15, 0.2) is 36.4 Å². The van der Waals surface area contributed by atoms with Crippen molar-refractivity contribution in [1.82, 2.24) is 0 Å². The fraction of sp³-hybridized carbons (Fsp3) is 0.583. The van der Waals surface area contributed by atoms with Gasteiger partial charge in [0.25, 0.3) is 0 Å². The molecule has 0 saturated carbocycles. The van der Waals surface area contributed by atoms with E-state index < -0.39 is 0 Å². The minimum Gasteiger partial charge on any atom is -0.469 e. The number of hydrogen-bond donors (Lipinski definition) is 0. The molecule has 0 aliphatic carbocycles. The number of nitrogens with zero attached hydrogens (tertiary/aromatic N) is 1. The molecule has 1 aromatic carbocycles. The lowest BCUT2D eigenvalue weighted by molar-refractivity contribution is -0.147. The topological polar surface area (TPSA) is 50.1 Å². The normalized spacial score (nSPS) is 12.1. The molecule has 0 bridgehead atoms. The van der Waals surface area contributed by atoms with Crippen LogP contribution >= 0.6 is 0 Å². The Morgan fingerprint density at radius 3 is 2.26 bits per heavy atom. The molecule has 3 heteroatoms. The molecule has 0 spiro atoms. The first-order valence-electron chi connectivity index (χ1n) is 10.1. The van der Waals surface area contributed by atoms with Crippen LogP contribution in [0.2, 0.25) is 0 Å². The number of allylic oxidation sites excluding steroid dienone is 2. The highest BCUT2D eigenvalue weighted by atomic mass is 16.5. The van der Waals surface area contributed by atoms with E-state index in [0.29, 0.717) is 12.0 Å². The quantitative estimate of drug-likeness (QED) is 0.401. The zero-order chi connectivity index (χ0) is 21.2. The summed E-state index contributed by atoms with van der Waals surface area (Å²) in [7, 11) is 1.42. The molecule has 0 saturated heterocycles. The maximum absolute atomic E-state index is 11.8. The van der Waals surface area contributed by atoms with Crippen molar-refractivity contribution in [2.45, 2.75) is 67.7 Å². The van der Waals surface area contributed by atoms with Gasteiger partial charge in [-0.15, -0.1) is 0 Å². The summed E-state index contributed by atoms with van der Waals surface area (Å²) >= 11 is 0. The molecule has 0 radical (unpaired) electrons. The van der Waals surface area contributed by atoms with E-state index in [9.17, 15) is 4.79 Å². The van der Waals surface area contributed by atoms with Crippen LogP contribution in [0.4, 0.5) is 0 Å². The molecule has 152 valence electrons. The summed E-state index contributed by atoms with van der Waals surface area (Å²) in [4.78, 5) is 11.8. The number of carbonyl (C=O) groups excluding carboxylic acids is 1. The second-order valence-corrected chi connectivity index (χ2v) is 6.61. The monoisotopic (exact) mass is 373 g/mol. The molecule has 3 nitrogen and oxygen atoms in total. The van der Waals surface area contributed by atoms with Crippen LogP contribution in [0.1, 0.15) is 72.4 Å². The smallest absolute Gasteiger partial charge is 0.309 e. The summed E-state index contributed by atoms with van der Waals surface area (Å²) in [5, 5.41) is 8.87. The molecule has 0 heterocycles. The Kier molecular flexibility index (Phi) is 17.4. The van der Waals surface area contributed by atoms with Crippen molar-refractivity contribution in [2.24, 2.45) is 17.8 Å². The number of esters is 1. The third kappa shape index (κ3) is 12.8. The summed E-state index contributed by atoms with van der Waals surface area (Å²) < 4.78 is 4.86. The van der Waals surface area contributed by atoms with Crippen molar-refractivity contribution in [3.8, 4) is 6.07 Å². The number of benzene rings is 1. The second-order valence-electron chi connectivity index (χ2n) is 6.61. The molecule has 2 atom stereocenters. The molecular formula is C24H39NO2. The van der Waals surface area contributed by atoms with E-state index in [1.165, 1.54) is 7.11 Å². The average molecular weight is 374 g/mol. The van der Waals surface area contributed by atoms with E-state index >= 15 is 0 Å². The minimum atomic E-state index is -0.174. The van der Waals surface area contributed by atoms with E-state index in [2.05, 4.69) is 52.8 Å². The van der Waals surface area contributed by atoms with Crippen LogP contribution in [-0.4, -0.2) is 13.1 Å². The Labute approximate surface area is 167 Å². The highest BCUT2D eigenvalue weighted by molar-refractivity contribution is 5.73. The summed E-state index contributed by atoms with van der Waals surface area (Å²) in [5.74, 6) is 0.670. The molecule has 0 amide bonds. The first-order valence-corrected chi connectivity index (χ1v) is 10.1. The average Bonchev–Trinajstić information content (AvgIpc) is 2.71. The largest absolute Gasteiger partial charge is 0.469 e. The Balaban J connectivity index is 0. The van der Waals surface area contributed by atoms with E-state index in [0.717, 1.165) is 24.3 Å². The molecule has 0 aromatic heterocycles. The fourth-order valence-electron chi connectivity index (χ4n) is 2.38.